The molecule has 1 aromatic heterocycles. The molecule has 0 fully saturated rings. The van der Waals surface area contributed by atoms with Gasteiger partial charge in [0.25, 0.3) is 5.91 Å². The van der Waals surface area contributed by atoms with E-state index in [0.29, 0.717) is 28.7 Å². The Hall–Kier alpha value is -3.19. The molecule has 0 saturated carbocycles. The third-order valence-electron chi connectivity index (χ3n) is 5.19. The largest absolute Gasteiger partial charge is 0.456 e. The van der Waals surface area contributed by atoms with Crippen molar-refractivity contribution in [2.75, 3.05) is 11.7 Å². The first kappa shape index (κ1) is 15.8. The first-order valence-corrected chi connectivity index (χ1v) is 8.94. The lowest BCUT2D eigenvalue weighted by Gasteiger charge is -2.28. The number of benzene rings is 2. The maximum absolute atomic E-state index is 16.5. The minimum Gasteiger partial charge on any atom is -0.456 e. The summed E-state index contributed by atoms with van der Waals surface area (Å²) in [7, 11) is 0. The standard InChI is InChI=1S/C20H11ClFNO5/c21-17-5-4-10(27-17)8-23-12-2-1-3-13-18(12)20(22,19(23)24)11-6-15-16(26-9-25-15)7-14(11)28-13/h1-7H,8-9H2. The number of alkyl halides is 1. The first-order chi connectivity index (χ1) is 13.6. The van der Waals surface area contributed by atoms with Crippen LogP contribution in [0.4, 0.5) is 10.1 Å². The second-order valence-electron chi connectivity index (χ2n) is 6.71. The molecule has 2 aromatic carbocycles. The van der Waals surface area contributed by atoms with Gasteiger partial charge in [0, 0.05) is 6.07 Å². The molecular weight excluding hydrogens is 389 g/mol. The molecule has 0 N–H and O–H groups in total. The second kappa shape index (κ2) is 5.20. The SMILES string of the molecule is O=C1N(Cc2ccc(Cl)o2)c2cccc3c2C1(F)c1cc2c(cc1O3)OCO2. The predicted octanol–water partition coefficient (Wildman–Crippen LogP) is 4.53. The maximum atomic E-state index is 16.5. The third kappa shape index (κ3) is 1.89. The van der Waals surface area contributed by atoms with Crippen molar-refractivity contribution >= 4 is 23.2 Å². The van der Waals surface area contributed by atoms with Crippen LogP contribution in [0.5, 0.6) is 23.0 Å². The fourth-order valence-corrected chi connectivity index (χ4v) is 4.14. The average molecular weight is 400 g/mol. The van der Waals surface area contributed by atoms with Crippen LogP contribution < -0.4 is 19.1 Å². The Labute approximate surface area is 163 Å². The normalized spacial score (nSPS) is 20.8. The van der Waals surface area contributed by atoms with E-state index in [2.05, 4.69) is 0 Å². The monoisotopic (exact) mass is 399 g/mol. The lowest BCUT2D eigenvalue weighted by Crippen LogP contribution is -2.38. The number of carbonyl (C=O) groups excluding carboxylic acids is 1. The molecule has 6 rings (SSSR count). The van der Waals surface area contributed by atoms with Crippen LogP contribution in [0, 0.1) is 0 Å². The highest BCUT2D eigenvalue weighted by Crippen LogP contribution is 2.59. The summed E-state index contributed by atoms with van der Waals surface area (Å²) in [5.74, 6) is 1.09. The van der Waals surface area contributed by atoms with Gasteiger partial charge in [-0.2, -0.15) is 0 Å². The van der Waals surface area contributed by atoms with E-state index in [4.69, 9.17) is 30.2 Å². The van der Waals surface area contributed by atoms with Crippen LogP contribution in [0.15, 0.2) is 46.9 Å². The van der Waals surface area contributed by atoms with E-state index in [0.717, 1.165) is 0 Å². The Morgan fingerprint density at radius 2 is 1.89 bits per heavy atom. The molecular formula is C20H11ClFNO5. The topological polar surface area (TPSA) is 61.1 Å². The van der Waals surface area contributed by atoms with Crippen LogP contribution >= 0.6 is 11.6 Å². The van der Waals surface area contributed by atoms with Gasteiger partial charge in [0.05, 0.1) is 23.4 Å². The van der Waals surface area contributed by atoms with Gasteiger partial charge in [-0.05, 0) is 41.9 Å². The lowest BCUT2D eigenvalue weighted by atomic mass is 9.86. The van der Waals surface area contributed by atoms with Crippen molar-refractivity contribution < 1.29 is 27.8 Å². The molecule has 28 heavy (non-hydrogen) atoms. The maximum Gasteiger partial charge on any atom is 0.274 e. The summed E-state index contributed by atoms with van der Waals surface area (Å²) < 4.78 is 38.5. The fraction of sp³-hybridized carbons (Fsp3) is 0.150. The quantitative estimate of drug-likeness (QED) is 0.633. The van der Waals surface area contributed by atoms with Gasteiger partial charge in [-0.1, -0.05) is 6.07 Å². The Morgan fingerprint density at radius 1 is 1.07 bits per heavy atom. The number of furan rings is 1. The van der Waals surface area contributed by atoms with Gasteiger partial charge in [0.2, 0.25) is 12.5 Å². The van der Waals surface area contributed by atoms with Crippen molar-refractivity contribution in [3.8, 4) is 23.0 Å². The smallest absolute Gasteiger partial charge is 0.274 e. The highest BCUT2D eigenvalue weighted by Gasteiger charge is 2.58. The minimum atomic E-state index is -2.39. The van der Waals surface area contributed by atoms with Crippen LogP contribution in [-0.4, -0.2) is 12.7 Å². The number of fused-ring (bicyclic) bond motifs is 3. The summed E-state index contributed by atoms with van der Waals surface area (Å²) in [6, 6.07) is 11.3. The fourth-order valence-electron chi connectivity index (χ4n) is 3.97. The molecule has 0 radical (unpaired) electrons. The molecule has 0 bridgehead atoms. The van der Waals surface area contributed by atoms with E-state index in [-0.39, 0.29) is 35.4 Å². The number of anilines is 1. The van der Waals surface area contributed by atoms with Gasteiger partial charge in [0.1, 0.15) is 17.3 Å². The van der Waals surface area contributed by atoms with Gasteiger partial charge >= 0.3 is 0 Å². The lowest BCUT2D eigenvalue weighted by molar-refractivity contribution is -0.127. The van der Waals surface area contributed by atoms with E-state index in [1.165, 1.54) is 11.0 Å². The Balaban J connectivity index is 1.54. The zero-order valence-corrected chi connectivity index (χ0v) is 15.0. The van der Waals surface area contributed by atoms with Gasteiger partial charge in [-0.3, -0.25) is 4.79 Å². The summed E-state index contributed by atoms with van der Waals surface area (Å²) in [4.78, 5) is 14.7. The number of nitrogens with zero attached hydrogens (tertiary/aromatic N) is 1. The van der Waals surface area contributed by atoms with Crippen LogP contribution in [0.2, 0.25) is 5.22 Å². The number of carbonyl (C=O) groups is 1. The van der Waals surface area contributed by atoms with E-state index >= 15 is 4.39 Å². The van der Waals surface area contributed by atoms with Crippen LogP contribution in [0.1, 0.15) is 16.9 Å². The molecule has 3 aromatic rings. The number of amides is 1. The van der Waals surface area contributed by atoms with Crippen LogP contribution in [0.3, 0.4) is 0 Å². The number of hydrogen-bond donors (Lipinski definition) is 0. The molecule has 8 heteroatoms. The highest BCUT2D eigenvalue weighted by molar-refractivity contribution is 6.28. The van der Waals surface area contributed by atoms with Crippen molar-refractivity contribution in [1.29, 1.82) is 0 Å². The van der Waals surface area contributed by atoms with E-state index in [1.54, 1.807) is 36.4 Å². The first-order valence-electron chi connectivity index (χ1n) is 8.56. The number of rotatable bonds is 2. The number of halogens is 2. The Bertz CT molecular complexity index is 1180. The van der Waals surface area contributed by atoms with Crippen molar-refractivity contribution in [3.05, 3.63) is 64.6 Å². The molecule has 140 valence electrons. The van der Waals surface area contributed by atoms with Crippen LogP contribution in [0.25, 0.3) is 0 Å². The van der Waals surface area contributed by atoms with Gasteiger partial charge in [0.15, 0.2) is 16.7 Å². The van der Waals surface area contributed by atoms with Crippen molar-refractivity contribution in [2.45, 2.75) is 12.2 Å². The molecule has 1 amide bonds. The molecule has 3 aliphatic rings. The zero-order valence-electron chi connectivity index (χ0n) is 14.2. The molecule has 4 heterocycles. The molecule has 0 aliphatic carbocycles. The Morgan fingerprint density at radius 3 is 2.68 bits per heavy atom. The van der Waals surface area contributed by atoms with Gasteiger partial charge in [-0.25, -0.2) is 4.39 Å². The summed E-state index contributed by atoms with van der Waals surface area (Å²) in [5.41, 5.74) is -1.68. The molecule has 6 nitrogen and oxygen atoms in total. The molecule has 0 saturated heterocycles. The third-order valence-corrected chi connectivity index (χ3v) is 5.39. The summed E-state index contributed by atoms with van der Waals surface area (Å²) in [5, 5.41) is 0.202. The van der Waals surface area contributed by atoms with E-state index < -0.39 is 11.6 Å². The summed E-state index contributed by atoms with van der Waals surface area (Å²) >= 11 is 5.83. The molecule has 3 aliphatic heterocycles. The Kier molecular flexibility index (Phi) is 2.94. The molecule has 1 unspecified atom stereocenters. The van der Waals surface area contributed by atoms with Crippen molar-refractivity contribution in [3.63, 3.8) is 0 Å². The summed E-state index contributed by atoms with van der Waals surface area (Å²) in [6.07, 6.45) is 0. The zero-order chi connectivity index (χ0) is 19.0. The molecule has 0 spiro atoms. The van der Waals surface area contributed by atoms with Crippen molar-refractivity contribution in [1.82, 2.24) is 0 Å². The minimum absolute atomic E-state index is 0.0367. The van der Waals surface area contributed by atoms with E-state index in [1.807, 2.05) is 0 Å². The van der Waals surface area contributed by atoms with Gasteiger partial charge in [-0.15, -0.1) is 0 Å². The van der Waals surface area contributed by atoms with Crippen molar-refractivity contribution in [2.24, 2.45) is 0 Å². The summed E-state index contributed by atoms with van der Waals surface area (Å²) in [6.45, 7) is 0.0859. The predicted molar refractivity (Wildman–Crippen MR) is 95.9 cm³/mol. The number of hydrogen-bond acceptors (Lipinski definition) is 5. The highest BCUT2D eigenvalue weighted by atomic mass is 35.5. The second-order valence-corrected chi connectivity index (χ2v) is 7.08. The average Bonchev–Trinajstić information content (AvgIpc) is 3.36. The number of ether oxygens (including phenoxy) is 3. The van der Waals surface area contributed by atoms with E-state index in [9.17, 15) is 4.79 Å². The van der Waals surface area contributed by atoms with Crippen LogP contribution in [-0.2, 0) is 17.0 Å². The molecule has 1 atom stereocenters. The van der Waals surface area contributed by atoms with Gasteiger partial charge < -0.3 is 23.5 Å².